The van der Waals surface area contributed by atoms with Crippen molar-refractivity contribution in [3.8, 4) is 0 Å². The second-order valence-electron chi connectivity index (χ2n) is 4.52. The van der Waals surface area contributed by atoms with Crippen molar-refractivity contribution in [2.45, 2.75) is 25.7 Å². The normalized spacial score (nSPS) is 12.1. The van der Waals surface area contributed by atoms with Crippen molar-refractivity contribution in [3.05, 3.63) is 28.8 Å². The zero-order valence-corrected chi connectivity index (χ0v) is 17.8. The fourth-order valence-electron chi connectivity index (χ4n) is 1.73. The Balaban J connectivity index is 0.000000731. The van der Waals surface area contributed by atoms with E-state index in [4.69, 9.17) is 26.6 Å². The quantitative estimate of drug-likeness (QED) is 0.414. The number of rotatable bonds is 3. The summed E-state index contributed by atoms with van der Waals surface area (Å²) in [4.78, 5) is 16.4. The van der Waals surface area contributed by atoms with Gasteiger partial charge in [0, 0.05) is 29.4 Å². The van der Waals surface area contributed by atoms with E-state index in [1.807, 2.05) is 19.1 Å². The second kappa shape index (κ2) is 10.5. The number of aromatic nitrogens is 4. The van der Waals surface area contributed by atoms with Crippen molar-refractivity contribution in [2.75, 3.05) is 5.32 Å². The van der Waals surface area contributed by atoms with Gasteiger partial charge in [-0.3, -0.25) is 5.10 Å². The van der Waals surface area contributed by atoms with Crippen LogP contribution in [0.1, 0.15) is 30.1 Å². The van der Waals surface area contributed by atoms with Crippen LogP contribution in [-0.4, -0.2) is 26.3 Å². The van der Waals surface area contributed by atoms with Crippen molar-refractivity contribution in [3.63, 3.8) is 0 Å². The topological polar surface area (TPSA) is 130 Å². The minimum atomic E-state index is -2.33. The standard InChI is InChI=1S/C11H12ClN5.CH2O3.2Na/c1-6-4-9(15-11(12)13-6)14-10-5-8(16-17-10)7-2-3-7;2-1(3)4;;/h4-5,7H,2-3H2,1H3,(H2,13,14,15,16,17);(H2,2,3,4);;/q;;2*+1/p-2. The third-order valence-electron chi connectivity index (χ3n) is 2.70. The molecule has 2 heterocycles. The molecule has 1 aliphatic carbocycles. The van der Waals surface area contributed by atoms with Gasteiger partial charge in [-0.05, 0) is 37.5 Å². The Bertz CT molecular complexity index is 627. The molecule has 0 spiro atoms. The summed E-state index contributed by atoms with van der Waals surface area (Å²) in [7, 11) is 0. The van der Waals surface area contributed by atoms with Gasteiger partial charge in [0.1, 0.15) is 5.82 Å². The number of aryl methyl sites for hydroxylation is 1. The number of nitrogens with one attached hydrogen (secondary N) is 2. The Morgan fingerprint density at radius 3 is 2.39 bits per heavy atom. The Hall–Kier alpha value is -0.350. The Morgan fingerprint density at radius 1 is 1.26 bits per heavy atom. The number of hydrogen-bond donors (Lipinski definition) is 2. The van der Waals surface area contributed by atoms with Crippen LogP contribution in [0.5, 0.6) is 0 Å². The van der Waals surface area contributed by atoms with Crippen molar-refractivity contribution in [1.82, 2.24) is 20.2 Å². The van der Waals surface area contributed by atoms with Crippen LogP contribution < -0.4 is 74.6 Å². The maximum Gasteiger partial charge on any atom is 1.00 e. The number of H-pyrrole nitrogens is 1. The van der Waals surface area contributed by atoms with Crippen LogP contribution in [0.3, 0.4) is 0 Å². The number of halogens is 1. The predicted octanol–water partition coefficient (Wildman–Crippen LogP) is -5.66. The molecule has 2 aromatic heterocycles. The first-order valence-corrected chi connectivity index (χ1v) is 6.53. The molecule has 0 amide bonds. The fraction of sp³-hybridized carbons (Fsp3) is 0.333. The van der Waals surface area contributed by atoms with Crippen LogP contribution in [-0.2, 0) is 0 Å². The summed E-state index contributed by atoms with van der Waals surface area (Å²) >= 11 is 5.79. The summed E-state index contributed by atoms with van der Waals surface area (Å²) in [6.07, 6.45) is 0.167. The van der Waals surface area contributed by atoms with Gasteiger partial charge in [0.25, 0.3) is 0 Å². The molecule has 8 nitrogen and oxygen atoms in total. The van der Waals surface area contributed by atoms with E-state index in [0.29, 0.717) is 11.7 Å². The summed E-state index contributed by atoms with van der Waals surface area (Å²) in [6, 6.07) is 3.85. The summed E-state index contributed by atoms with van der Waals surface area (Å²) < 4.78 is 0. The Kier molecular flexibility index (Phi) is 10.3. The molecule has 23 heavy (non-hydrogen) atoms. The molecule has 0 radical (unpaired) electrons. The van der Waals surface area contributed by atoms with Gasteiger partial charge < -0.3 is 20.3 Å². The summed E-state index contributed by atoms with van der Waals surface area (Å²) in [5, 5.41) is 27.2. The largest absolute Gasteiger partial charge is 1.00 e. The molecule has 11 heteroatoms. The van der Waals surface area contributed by atoms with Gasteiger partial charge in [0.2, 0.25) is 5.28 Å². The zero-order chi connectivity index (χ0) is 15.4. The summed E-state index contributed by atoms with van der Waals surface area (Å²) in [5.74, 6) is 2.09. The van der Waals surface area contributed by atoms with E-state index in [0.717, 1.165) is 11.5 Å². The molecule has 1 aliphatic rings. The third kappa shape index (κ3) is 8.35. The van der Waals surface area contributed by atoms with Crippen LogP contribution in [0.25, 0.3) is 0 Å². The molecule has 0 unspecified atom stereocenters. The number of carbonyl (C=O) groups is 1. The molecule has 0 saturated heterocycles. The molecule has 1 saturated carbocycles. The van der Waals surface area contributed by atoms with Gasteiger partial charge in [0.05, 0.1) is 0 Å². The first-order valence-electron chi connectivity index (χ1n) is 6.15. The van der Waals surface area contributed by atoms with Crippen molar-refractivity contribution in [2.24, 2.45) is 0 Å². The van der Waals surface area contributed by atoms with Crippen LogP contribution in [0, 0.1) is 6.92 Å². The number of anilines is 2. The van der Waals surface area contributed by atoms with Crippen LogP contribution in [0.4, 0.5) is 16.4 Å². The van der Waals surface area contributed by atoms with Gasteiger partial charge in [-0.1, -0.05) is 0 Å². The number of aromatic amines is 1. The molecule has 0 aromatic carbocycles. The Labute approximate surface area is 182 Å². The SMILES string of the molecule is Cc1cc(Nc2cc(C3CC3)[nH]n2)nc(Cl)n1.O=C([O-])[O-].[Na+].[Na+]. The van der Waals surface area contributed by atoms with Gasteiger partial charge in [-0.2, -0.15) is 5.10 Å². The average Bonchev–Trinajstić information content (AvgIpc) is 3.09. The third-order valence-corrected chi connectivity index (χ3v) is 2.87. The first-order chi connectivity index (χ1) is 9.94. The van der Waals surface area contributed by atoms with Gasteiger partial charge >= 0.3 is 59.1 Å². The molecule has 112 valence electrons. The van der Waals surface area contributed by atoms with E-state index >= 15 is 0 Å². The predicted molar refractivity (Wildman–Crippen MR) is 71.0 cm³/mol. The zero-order valence-electron chi connectivity index (χ0n) is 13.1. The van der Waals surface area contributed by atoms with Gasteiger partial charge in [-0.15, -0.1) is 0 Å². The van der Waals surface area contributed by atoms with E-state index in [2.05, 4.69) is 25.5 Å². The number of hydrogen-bond acceptors (Lipinski definition) is 7. The van der Waals surface area contributed by atoms with Gasteiger partial charge in [0.15, 0.2) is 5.82 Å². The second-order valence-corrected chi connectivity index (χ2v) is 4.86. The molecule has 0 aliphatic heterocycles. The molecular weight excluding hydrogens is 344 g/mol. The van der Waals surface area contributed by atoms with Crippen LogP contribution in [0.2, 0.25) is 5.28 Å². The maximum absolute atomic E-state index is 8.33. The van der Waals surface area contributed by atoms with Crippen molar-refractivity contribution in [1.29, 1.82) is 0 Å². The van der Waals surface area contributed by atoms with E-state index in [9.17, 15) is 0 Å². The van der Waals surface area contributed by atoms with E-state index in [-0.39, 0.29) is 64.4 Å². The molecule has 2 N–H and O–H groups in total. The molecule has 2 aromatic rings. The van der Waals surface area contributed by atoms with E-state index < -0.39 is 6.16 Å². The summed E-state index contributed by atoms with van der Waals surface area (Å²) in [5.41, 5.74) is 2.01. The molecular formula is C12H12ClN5Na2O3. The van der Waals surface area contributed by atoms with E-state index in [1.165, 1.54) is 18.5 Å². The number of nitrogens with zero attached hydrogens (tertiary/aromatic N) is 3. The minimum Gasteiger partial charge on any atom is -0.652 e. The molecule has 0 bridgehead atoms. The minimum absolute atomic E-state index is 0. The maximum atomic E-state index is 8.33. The van der Waals surface area contributed by atoms with Crippen LogP contribution in [0.15, 0.2) is 12.1 Å². The smallest absolute Gasteiger partial charge is 0.652 e. The molecule has 3 rings (SSSR count). The first kappa shape index (κ1) is 22.6. The van der Waals surface area contributed by atoms with E-state index in [1.54, 1.807) is 0 Å². The monoisotopic (exact) mass is 355 g/mol. The van der Waals surface area contributed by atoms with Crippen molar-refractivity contribution >= 4 is 29.4 Å². The summed E-state index contributed by atoms with van der Waals surface area (Å²) in [6.45, 7) is 1.87. The fourth-order valence-corrected chi connectivity index (χ4v) is 1.96. The Morgan fingerprint density at radius 2 is 1.87 bits per heavy atom. The average molecular weight is 356 g/mol. The van der Waals surface area contributed by atoms with Crippen LogP contribution >= 0.6 is 11.6 Å². The number of carbonyl (C=O) groups excluding carboxylic acids is 1. The van der Waals surface area contributed by atoms with Gasteiger partial charge in [-0.25, -0.2) is 9.97 Å². The molecule has 0 atom stereocenters. The molecule has 1 fully saturated rings. The van der Waals surface area contributed by atoms with Crippen molar-refractivity contribution < 1.29 is 74.1 Å². The number of carboxylic acid groups (broad SMARTS) is 2.